The molecule has 0 spiro atoms. The Morgan fingerprint density at radius 2 is 0.983 bits per heavy atom. The number of rotatable bonds is 12. The molecule has 58 heavy (non-hydrogen) atoms. The van der Waals surface area contributed by atoms with Crippen molar-refractivity contribution in [3.8, 4) is 5.75 Å². The van der Waals surface area contributed by atoms with Crippen molar-refractivity contribution in [2.24, 2.45) is 0 Å². The van der Waals surface area contributed by atoms with Gasteiger partial charge in [-0.05, 0) is 33.8 Å². The maximum atomic E-state index is 12.2. The predicted molar refractivity (Wildman–Crippen MR) is 184 cm³/mol. The van der Waals surface area contributed by atoms with E-state index in [4.69, 9.17) is 47.4 Å². The summed E-state index contributed by atoms with van der Waals surface area (Å²) in [4.78, 5) is 15.0. The summed E-state index contributed by atoms with van der Waals surface area (Å²) in [5, 5.41) is 118. The van der Waals surface area contributed by atoms with Crippen molar-refractivity contribution in [3.05, 3.63) is 18.0 Å². The number of carbonyl (C=O) groups is 1. The van der Waals surface area contributed by atoms with E-state index in [-0.39, 0.29) is 11.4 Å². The number of hydrogen-bond donors (Lipinski definition) is 12. The molecule has 6 heterocycles. The van der Waals surface area contributed by atoms with E-state index in [2.05, 4.69) is 4.98 Å². The Bertz CT molecular complexity index is 1510. The molecule has 5 saturated heterocycles. The van der Waals surface area contributed by atoms with Crippen LogP contribution < -0.4 is 4.74 Å². The van der Waals surface area contributed by atoms with Gasteiger partial charge in [-0.2, -0.15) is 0 Å². The van der Waals surface area contributed by atoms with E-state index >= 15 is 0 Å². The molecule has 24 atom stereocenters. The number of Topliss-reactive ketones (excluding diaryl/α,β-unsaturated/α-hetero) is 1. The van der Waals surface area contributed by atoms with Crippen molar-refractivity contribution in [1.29, 1.82) is 0 Å². The minimum absolute atomic E-state index is 0.0214. The van der Waals surface area contributed by atoms with E-state index in [0.29, 0.717) is 0 Å². The van der Waals surface area contributed by atoms with Gasteiger partial charge in [-0.1, -0.05) is 0 Å². The number of ether oxygens (including phenoxy) is 10. The molecule has 1 aromatic rings. The largest absolute Gasteiger partial charge is 0.460 e. The van der Waals surface area contributed by atoms with E-state index in [9.17, 15) is 61.0 Å². The number of aliphatic hydroxyl groups excluding tert-OH is 11. The Morgan fingerprint density at radius 1 is 0.534 bits per heavy atom. The summed E-state index contributed by atoms with van der Waals surface area (Å²) in [5.74, 6) is -0.373. The van der Waals surface area contributed by atoms with Gasteiger partial charge in [0.15, 0.2) is 42.8 Å². The van der Waals surface area contributed by atoms with Crippen LogP contribution in [-0.4, -0.2) is 221 Å². The molecule has 5 aliphatic rings. The first-order valence-corrected chi connectivity index (χ1v) is 19.0. The van der Waals surface area contributed by atoms with Crippen molar-refractivity contribution in [3.63, 3.8) is 0 Å². The summed E-state index contributed by atoms with van der Waals surface area (Å²) in [5.41, 5.74) is 0.0637. The monoisotopic (exact) mass is 841 g/mol. The van der Waals surface area contributed by atoms with E-state index in [1.807, 2.05) is 0 Å². The molecule has 23 heteroatoms. The lowest BCUT2D eigenvalue weighted by Gasteiger charge is -2.49. The average Bonchev–Trinajstić information content (AvgIpc) is 3.76. The highest BCUT2D eigenvalue weighted by atomic mass is 16.8. The number of aromatic nitrogens is 1. The lowest BCUT2D eigenvalue weighted by Crippen LogP contribution is -2.67. The molecule has 23 nitrogen and oxygen atoms in total. The van der Waals surface area contributed by atoms with Gasteiger partial charge >= 0.3 is 0 Å². The van der Waals surface area contributed by atoms with Crippen LogP contribution >= 0.6 is 0 Å². The molecule has 0 aromatic carbocycles. The van der Waals surface area contributed by atoms with Gasteiger partial charge in [0.05, 0.1) is 31.0 Å². The fourth-order valence-electron chi connectivity index (χ4n) is 7.54. The average molecular weight is 842 g/mol. The smallest absolute Gasteiger partial charge is 0.229 e. The summed E-state index contributed by atoms with van der Waals surface area (Å²) >= 11 is 0. The molecule has 12 N–H and O–H groups in total. The third kappa shape index (κ3) is 8.96. The number of ketones is 1. The maximum Gasteiger partial charge on any atom is 0.229 e. The quantitative estimate of drug-likeness (QED) is 0.0873. The summed E-state index contributed by atoms with van der Waals surface area (Å²) in [6, 6.07) is 1.43. The highest BCUT2D eigenvalue weighted by Crippen LogP contribution is 2.37. The number of aromatic amines is 1. The van der Waals surface area contributed by atoms with Gasteiger partial charge in [-0.3, -0.25) is 4.79 Å². The molecule has 0 bridgehead atoms. The Balaban J connectivity index is 1.19. The van der Waals surface area contributed by atoms with Crippen LogP contribution in [0.4, 0.5) is 0 Å². The minimum atomic E-state index is -1.88. The molecule has 5 aliphatic heterocycles. The Kier molecular flexibility index (Phi) is 14.5. The first-order valence-electron chi connectivity index (χ1n) is 19.0. The van der Waals surface area contributed by atoms with Crippen molar-refractivity contribution in [1.82, 2.24) is 4.98 Å². The summed E-state index contributed by atoms with van der Waals surface area (Å²) in [6.45, 7) is 6.35. The number of aliphatic hydroxyl groups is 11. The van der Waals surface area contributed by atoms with Gasteiger partial charge in [-0.25, -0.2) is 0 Å². The Morgan fingerprint density at radius 3 is 1.50 bits per heavy atom. The highest BCUT2D eigenvalue weighted by molar-refractivity contribution is 5.94. The normalized spacial score (nSPS) is 50.1. The summed E-state index contributed by atoms with van der Waals surface area (Å²) in [7, 11) is 0. The Hall–Kier alpha value is -2.05. The molecule has 332 valence electrons. The molecular weight excluding hydrogens is 786 g/mol. The van der Waals surface area contributed by atoms with Crippen molar-refractivity contribution in [2.75, 3.05) is 6.61 Å². The number of nitrogens with one attached hydrogen (secondary N) is 1. The third-order valence-corrected chi connectivity index (χ3v) is 11.1. The maximum absolute atomic E-state index is 12.2. The van der Waals surface area contributed by atoms with Crippen LogP contribution in [0.25, 0.3) is 0 Å². The van der Waals surface area contributed by atoms with Crippen LogP contribution in [0.5, 0.6) is 5.75 Å². The van der Waals surface area contributed by atoms with Crippen molar-refractivity contribution in [2.45, 2.75) is 182 Å². The van der Waals surface area contributed by atoms with Gasteiger partial charge in [-0.15, -0.1) is 0 Å². The van der Waals surface area contributed by atoms with Crippen LogP contribution in [0.3, 0.4) is 0 Å². The molecule has 0 saturated carbocycles. The van der Waals surface area contributed by atoms with Crippen molar-refractivity contribution >= 4 is 5.78 Å². The minimum Gasteiger partial charge on any atom is -0.460 e. The second-order valence-corrected chi connectivity index (χ2v) is 15.3. The topological polar surface area (TPSA) is 348 Å². The lowest BCUT2D eigenvalue weighted by molar-refractivity contribution is -0.386. The van der Waals surface area contributed by atoms with E-state index in [1.165, 1.54) is 46.9 Å². The van der Waals surface area contributed by atoms with E-state index < -0.39 is 160 Å². The molecule has 5 fully saturated rings. The molecule has 6 rings (SSSR count). The zero-order valence-electron chi connectivity index (χ0n) is 32.1. The standard InChI is InChI=1S/C35H55NO22/c1-9(38)16-14(6-7-36-16)53-35-30(58-31-23(45)21(43)17(39)10(2)49-31)24(46)27(13(5)52-35)55-33-25(47)29(19(41)11(3)50-33)57-34-26(48)28(18(40)12(4)51-34)56-32-22(44)20(42)15(8-37)54-32/h6-7,10-13,15,17-37,39-48H,8H2,1-5H3/t10-,11-,12-,13-,15+,17-,18+,19+,20+,21+,22-,23-,24+,25-,26-,27-,28+,29+,30-,31+,32+,33+,34+,35+/m1/s1. The SMILES string of the molecule is CC(=O)c1[nH]ccc1O[C@@H]1O[C@H](C)[C@@H](O[C@@H]2O[C@H](C)[C@H](O)[C@H](O[C@@H]3O[C@H](C)[C@H](O)[C@H](O[C@@H]4O[C@@H](CO)[C@H](O)[C@H]4O)[C@H]3O)[C@H]2O)[C@H](O)[C@H]1O[C@@H]1O[C@H](C)[C@@H](O)[C@H](O)[C@H]1O. The highest BCUT2D eigenvalue weighted by Gasteiger charge is 2.56. The van der Waals surface area contributed by atoms with Gasteiger partial charge in [0.2, 0.25) is 6.29 Å². The molecular formula is C35H55NO22. The van der Waals surface area contributed by atoms with E-state index in [1.54, 1.807) is 0 Å². The number of hydrogen-bond acceptors (Lipinski definition) is 22. The Labute approximate surface area is 331 Å². The van der Waals surface area contributed by atoms with Crippen LogP contribution in [0.2, 0.25) is 0 Å². The van der Waals surface area contributed by atoms with E-state index in [0.717, 1.165) is 0 Å². The second kappa shape index (κ2) is 18.5. The van der Waals surface area contributed by atoms with Gasteiger partial charge in [0, 0.05) is 13.1 Å². The van der Waals surface area contributed by atoms with Crippen LogP contribution in [0.1, 0.15) is 45.1 Å². The van der Waals surface area contributed by atoms with Crippen LogP contribution in [-0.2, 0) is 42.6 Å². The van der Waals surface area contributed by atoms with Gasteiger partial charge < -0.3 is 109 Å². The molecule has 0 aliphatic carbocycles. The summed E-state index contributed by atoms with van der Waals surface area (Å²) in [6.07, 6.45) is -35.4. The first kappa shape index (κ1) is 45.5. The number of carbonyl (C=O) groups excluding carboxylic acids is 1. The van der Waals surface area contributed by atoms with Crippen molar-refractivity contribution < 1.29 is 108 Å². The summed E-state index contributed by atoms with van der Waals surface area (Å²) < 4.78 is 58.0. The number of H-pyrrole nitrogens is 1. The van der Waals surface area contributed by atoms with Crippen LogP contribution in [0.15, 0.2) is 12.3 Å². The van der Waals surface area contributed by atoms with Gasteiger partial charge in [0.1, 0.15) is 91.1 Å². The third-order valence-electron chi connectivity index (χ3n) is 11.1. The first-order chi connectivity index (χ1) is 27.3. The fourth-order valence-corrected chi connectivity index (χ4v) is 7.54. The molecule has 1 aromatic heterocycles. The fraction of sp³-hybridized carbons (Fsp3) is 0.857. The van der Waals surface area contributed by atoms with Gasteiger partial charge in [0.25, 0.3) is 0 Å². The lowest BCUT2D eigenvalue weighted by atomic mass is 9.96. The predicted octanol–water partition coefficient (Wildman–Crippen LogP) is -5.56. The zero-order valence-corrected chi connectivity index (χ0v) is 32.1. The molecule has 0 radical (unpaired) electrons. The van der Waals surface area contributed by atoms with Crippen LogP contribution in [0, 0.1) is 0 Å². The second-order valence-electron chi connectivity index (χ2n) is 15.3. The molecule has 0 amide bonds. The molecule has 0 unspecified atom stereocenters. The zero-order chi connectivity index (χ0) is 42.5.